The Morgan fingerprint density at radius 1 is 0.773 bits per heavy atom. The van der Waals surface area contributed by atoms with E-state index in [4.69, 9.17) is 4.98 Å². The molecular formula is C33H30N8O3. The molecule has 3 aromatic heterocycles. The number of nitrogens with one attached hydrogen (secondary N) is 2. The van der Waals surface area contributed by atoms with Crippen LogP contribution in [-0.2, 0) is 17.9 Å². The molecule has 8 rings (SSSR count). The first-order valence-corrected chi connectivity index (χ1v) is 14.8. The van der Waals surface area contributed by atoms with Crippen LogP contribution in [0.15, 0.2) is 73.2 Å². The highest BCUT2D eigenvalue weighted by Crippen LogP contribution is 2.30. The Morgan fingerprint density at radius 3 is 2.45 bits per heavy atom. The van der Waals surface area contributed by atoms with Crippen molar-refractivity contribution >= 4 is 45.5 Å². The summed E-state index contributed by atoms with van der Waals surface area (Å²) in [5.74, 6) is 0.452. The van der Waals surface area contributed by atoms with Crippen LogP contribution in [0.1, 0.15) is 27.9 Å². The third-order valence-corrected chi connectivity index (χ3v) is 8.86. The average Bonchev–Trinajstić information content (AvgIpc) is 3.58. The van der Waals surface area contributed by atoms with Gasteiger partial charge in [0.15, 0.2) is 0 Å². The van der Waals surface area contributed by atoms with Crippen LogP contribution in [0.3, 0.4) is 0 Å². The molecular weight excluding hydrogens is 556 g/mol. The topological polar surface area (TPSA) is 118 Å². The minimum Gasteiger partial charge on any atom is -0.354 e. The Bertz CT molecular complexity index is 1940. The second-order valence-electron chi connectivity index (χ2n) is 11.6. The quantitative estimate of drug-likeness (QED) is 0.321. The molecule has 0 saturated carbocycles. The predicted octanol–water partition coefficient (Wildman–Crippen LogP) is 3.91. The largest absolute Gasteiger partial charge is 0.354 e. The lowest BCUT2D eigenvalue weighted by atomic mass is 10.1. The van der Waals surface area contributed by atoms with Crippen molar-refractivity contribution in [3.63, 3.8) is 0 Å². The Morgan fingerprint density at radius 2 is 1.64 bits per heavy atom. The van der Waals surface area contributed by atoms with Crippen LogP contribution in [-0.4, -0.2) is 80.4 Å². The van der Waals surface area contributed by atoms with Crippen molar-refractivity contribution < 1.29 is 14.4 Å². The smallest absolute Gasteiger partial charge is 0.342 e. The first-order chi connectivity index (χ1) is 21.5. The molecule has 2 fully saturated rings. The van der Waals surface area contributed by atoms with Crippen LogP contribution < -0.4 is 10.2 Å². The molecule has 2 saturated heterocycles. The fourth-order valence-corrected chi connectivity index (χ4v) is 6.50. The molecule has 220 valence electrons. The number of hydrogen-bond acceptors (Lipinski definition) is 7. The molecule has 44 heavy (non-hydrogen) atoms. The van der Waals surface area contributed by atoms with Gasteiger partial charge in [-0.3, -0.25) is 24.8 Å². The Hall–Kier alpha value is -5.29. The number of H-pyrrole nitrogens is 1. The molecule has 0 unspecified atom stereocenters. The summed E-state index contributed by atoms with van der Waals surface area (Å²) >= 11 is 0. The maximum Gasteiger partial charge on any atom is 0.342 e. The van der Waals surface area contributed by atoms with Gasteiger partial charge in [0.1, 0.15) is 5.82 Å². The highest BCUT2D eigenvalue weighted by molar-refractivity contribution is 6.07. The van der Waals surface area contributed by atoms with Gasteiger partial charge in [-0.15, -0.1) is 0 Å². The van der Waals surface area contributed by atoms with E-state index in [1.165, 1.54) is 15.4 Å². The van der Waals surface area contributed by atoms with E-state index in [0.717, 1.165) is 77.2 Å². The first-order valence-electron chi connectivity index (χ1n) is 14.8. The number of aromatic amines is 1. The molecule has 0 aliphatic carbocycles. The molecule has 4 amide bonds. The lowest BCUT2D eigenvalue weighted by Crippen LogP contribution is -2.56. The molecule has 3 aliphatic heterocycles. The standard InChI is InChI=1S/C33H30N8O3/c42-31-8-10-40(33(44)37-31)41-20-24-15-21(1-4-25(24)32(41)43)19-38-11-13-39(14-12-38)30-6-3-23(17-35-30)22-2-5-26-27-18-34-9-7-28(27)36-29(26)16-22/h1-7,9,15-18,36H,8,10-14,19-20H2,(H,37,42,44). The summed E-state index contributed by atoms with van der Waals surface area (Å²) in [6.07, 6.45) is 5.84. The molecule has 5 aromatic rings. The maximum atomic E-state index is 13.0. The number of aromatic nitrogens is 3. The van der Waals surface area contributed by atoms with Crippen molar-refractivity contribution in [3.05, 3.63) is 89.9 Å². The van der Waals surface area contributed by atoms with Crippen molar-refractivity contribution in [1.82, 2.24) is 35.2 Å². The van der Waals surface area contributed by atoms with Gasteiger partial charge in [-0.2, -0.15) is 0 Å². The number of pyridine rings is 2. The zero-order chi connectivity index (χ0) is 29.8. The predicted molar refractivity (Wildman–Crippen MR) is 165 cm³/mol. The number of carbonyl (C=O) groups excluding carboxylic acids is 3. The molecule has 0 spiro atoms. The third-order valence-electron chi connectivity index (χ3n) is 8.86. The fourth-order valence-electron chi connectivity index (χ4n) is 6.50. The number of nitrogens with zero attached hydrogens (tertiary/aromatic N) is 6. The number of benzene rings is 2. The van der Waals surface area contributed by atoms with Gasteiger partial charge in [0.25, 0.3) is 5.91 Å². The summed E-state index contributed by atoms with van der Waals surface area (Å²) in [6.45, 7) is 4.87. The first kappa shape index (κ1) is 26.3. The minimum atomic E-state index is -0.547. The van der Waals surface area contributed by atoms with Crippen molar-refractivity contribution in [3.8, 4) is 11.1 Å². The highest BCUT2D eigenvalue weighted by atomic mass is 16.2. The highest BCUT2D eigenvalue weighted by Gasteiger charge is 2.37. The van der Waals surface area contributed by atoms with Crippen molar-refractivity contribution in [1.29, 1.82) is 0 Å². The van der Waals surface area contributed by atoms with E-state index in [9.17, 15) is 14.4 Å². The van der Waals surface area contributed by atoms with E-state index in [0.29, 0.717) is 12.1 Å². The number of hydrogen-bond donors (Lipinski definition) is 2. The van der Waals surface area contributed by atoms with Gasteiger partial charge >= 0.3 is 6.03 Å². The maximum absolute atomic E-state index is 13.0. The van der Waals surface area contributed by atoms with Crippen LogP contribution >= 0.6 is 0 Å². The normalized spacial score (nSPS) is 17.5. The molecule has 2 aromatic carbocycles. The summed E-state index contributed by atoms with van der Waals surface area (Å²) in [5.41, 5.74) is 7.02. The summed E-state index contributed by atoms with van der Waals surface area (Å²) < 4.78 is 0. The lowest BCUT2D eigenvalue weighted by molar-refractivity contribution is -0.123. The molecule has 0 radical (unpaired) electrons. The van der Waals surface area contributed by atoms with Crippen LogP contribution in [0, 0.1) is 0 Å². The summed E-state index contributed by atoms with van der Waals surface area (Å²) in [4.78, 5) is 54.1. The van der Waals surface area contributed by atoms with E-state index in [1.54, 1.807) is 6.20 Å². The number of amides is 4. The van der Waals surface area contributed by atoms with Gasteiger partial charge in [0.05, 0.1) is 13.1 Å². The van der Waals surface area contributed by atoms with Crippen molar-refractivity contribution in [2.24, 2.45) is 0 Å². The number of imide groups is 1. The average molecular weight is 587 g/mol. The molecule has 11 heteroatoms. The third kappa shape index (κ3) is 4.62. The molecule has 3 aliphatic rings. The molecule has 2 N–H and O–H groups in total. The van der Waals surface area contributed by atoms with Crippen LogP contribution in [0.25, 0.3) is 32.9 Å². The summed E-state index contributed by atoms with van der Waals surface area (Å²) in [7, 11) is 0. The number of urea groups is 1. The van der Waals surface area contributed by atoms with Crippen molar-refractivity contribution in [2.45, 2.75) is 19.5 Å². The number of rotatable bonds is 5. The number of hydrazine groups is 1. The number of carbonyl (C=O) groups is 3. The van der Waals surface area contributed by atoms with E-state index in [2.05, 4.69) is 61.5 Å². The fraction of sp³-hybridized carbons (Fsp3) is 0.242. The monoisotopic (exact) mass is 586 g/mol. The van der Waals surface area contributed by atoms with Gasteiger partial charge in [-0.05, 0) is 47.0 Å². The lowest BCUT2D eigenvalue weighted by Gasteiger charge is -2.35. The zero-order valence-corrected chi connectivity index (χ0v) is 24.0. The second-order valence-corrected chi connectivity index (χ2v) is 11.6. The number of piperazine rings is 1. The minimum absolute atomic E-state index is 0.184. The van der Waals surface area contributed by atoms with Gasteiger partial charge in [0, 0.05) is 90.7 Å². The van der Waals surface area contributed by atoms with Crippen LogP contribution in [0.4, 0.5) is 10.6 Å². The Balaban J connectivity index is 0.892. The van der Waals surface area contributed by atoms with E-state index in [1.807, 2.05) is 30.6 Å². The van der Waals surface area contributed by atoms with Crippen LogP contribution in [0.5, 0.6) is 0 Å². The van der Waals surface area contributed by atoms with Gasteiger partial charge in [-0.1, -0.05) is 24.3 Å². The van der Waals surface area contributed by atoms with Gasteiger partial charge in [-0.25, -0.2) is 19.8 Å². The van der Waals surface area contributed by atoms with E-state index >= 15 is 0 Å². The van der Waals surface area contributed by atoms with Crippen molar-refractivity contribution in [2.75, 3.05) is 37.6 Å². The van der Waals surface area contributed by atoms with Gasteiger partial charge < -0.3 is 9.88 Å². The second kappa shape index (κ2) is 10.5. The molecule has 0 atom stereocenters. The molecule has 0 bridgehead atoms. The van der Waals surface area contributed by atoms with Gasteiger partial charge in [0.2, 0.25) is 5.91 Å². The number of anilines is 1. The molecule has 6 heterocycles. The Kier molecular flexibility index (Phi) is 6.26. The van der Waals surface area contributed by atoms with E-state index in [-0.39, 0.29) is 24.8 Å². The zero-order valence-electron chi connectivity index (χ0n) is 24.0. The van der Waals surface area contributed by atoms with Crippen LogP contribution in [0.2, 0.25) is 0 Å². The molecule has 11 nitrogen and oxygen atoms in total. The summed E-state index contributed by atoms with van der Waals surface area (Å²) in [6, 6.07) is 18.1. The van der Waals surface area contributed by atoms with E-state index < -0.39 is 6.03 Å². The number of fused-ring (bicyclic) bond motifs is 4. The Labute approximate surface area is 253 Å². The summed E-state index contributed by atoms with van der Waals surface area (Å²) in [5, 5.41) is 7.36. The SMILES string of the molecule is O=C1CCN(N2Cc3cc(CN4CCN(c5ccc(-c6ccc7c(c6)[nH]c6ccncc67)cn5)CC4)ccc3C2=O)C(=O)N1.